The molecule has 0 bridgehead atoms. The van der Waals surface area contributed by atoms with Gasteiger partial charge in [-0.25, -0.2) is 4.39 Å². The Balaban J connectivity index is 1.30. The molecule has 0 aromatic heterocycles. The number of piperazine rings is 1. The molecule has 2 saturated heterocycles. The van der Waals surface area contributed by atoms with E-state index in [1.54, 1.807) is 0 Å². The maximum absolute atomic E-state index is 13.1. The number of likely N-dealkylation sites (tertiary alicyclic amines) is 1. The van der Waals surface area contributed by atoms with Gasteiger partial charge in [-0.3, -0.25) is 9.69 Å². The van der Waals surface area contributed by atoms with Gasteiger partial charge in [0.15, 0.2) is 0 Å². The standard InChI is InChI=1S/C23H28FN3O/c24-21-10-8-19(9-11-21)17-25-12-4-5-20(18-25)23(28)27-15-13-26(14-16-27)22-6-2-1-3-7-22/h1-3,6-11,20H,4-5,12-18H2/t20-/m0/s1. The van der Waals surface area contributed by atoms with Crippen molar-refractivity contribution in [2.75, 3.05) is 44.2 Å². The van der Waals surface area contributed by atoms with Gasteiger partial charge in [0, 0.05) is 45.0 Å². The lowest BCUT2D eigenvalue weighted by Gasteiger charge is -2.39. The van der Waals surface area contributed by atoms with Gasteiger partial charge in [-0.2, -0.15) is 0 Å². The number of hydrogen-bond donors (Lipinski definition) is 0. The fourth-order valence-electron chi connectivity index (χ4n) is 4.33. The Morgan fingerprint density at radius 3 is 2.36 bits per heavy atom. The van der Waals surface area contributed by atoms with Crippen molar-refractivity contribution >= 4 is 11.6 Å². The normalized spacial score (nSPS) is 21.0. The van der Waals surface area contributed by atoms with E-state index in [2.05, 4.69) is 34.1 Å². The fourth-order valence-corrected chi connectivity index (χ4v) is 4.33. The van der Waals surface area contributed by atoms with E-state index in [0.29, 0.717) is 5.91 Å². The van der Waals surface area contributed by atoms with E-state index >= 15 is 0 Å². The quantitative estimate of drug-likeness (QED) is 0.812. The van der Waals surface area contributed by atoms with E-state index in [-0.39, 0.29) is 11.7 Å². The van der Waals surface area contributed by atoms with E-state index in [9.17, 15) is 9.18 Å². The first-order valence-corrected chi connectivity index (χ1v) is 10.2. The van der Waals surface area contributed by atoms with Gasteiger partial charge >= 0.3 is 0 Å². The number of carbonyl (C=O) groups is 1. The van der Waals surface area contributed by atoms with Crippen molar-refractivity contribution in [1.82, 2.24) is 9.80 Å². The second-order valence-electron chi connectivity index (χ2n) is 7.85. The summed E-state index contributed by atoms with van der Waals surface area (Å²) in [7, 11) is 0. The minimum Gasteiger partial charge on any atom is -0.368 e. The number of benzene rings is 2. The van der Waals surface area contributed by atoms with Crippen molar-refractivity contribution in [2.24, 2.45) is 5.92 Å². The van der Waals surface area contributed by atoms with Crippen LogP contribution in [0.15, 0.2) is 54.6 Å². The van der Waals surface area contributed by atoms with Gasteiger partial charge in [-0.1, -0.05) is 30.3 Å². The number of rotatable bonds is 4. The molecular weight excluding hydrogens is 353 g/mol. The molecule has 5 heteroatoms. The van der Waals surface area contributed by atoms with Crippen molar-refractivity contribution in [1.29, 1.82) is 0 Å². The molecule has 2 heterocycles. The minimum absolute atomic E-state index is 0.0810. The van der Waals surface area contributed by atoms with Gasteiger partial charge in [0.2, 0.25) is 5.91 Å². The Kier molecular flexibility index (Phi) is 5.91. The molecule has 0 spiro atoms. The first kappa shape index (κ1) is 18.9. The van der Waals surface area contributed by atoms with Gasteiger partial charge in [-0.15, -0.1) is 0 Å². The lowest BCUT2D eigenvalue weighted by atomic mass is 9.95. The van der Waals surface area contributed by atoms with Crippen LogP contribution in [0.2, 0.25) is 0 Å². The monoisotopic (exact) mass is 381 g/mol. The molecule has 2 aromatic rings. The minimum atomic E-state index is -0.204. The Morgan fingerprint density at radius 1 is 0.929 bits per heavy atom. The van der Waals surface area contributed by atoms with Crippen molar-refractivity contribution in [3.63, 3.8) is 0 Å². The van der Waals surface area contributed by atoms with Crippen molar-refractivity contribution in [2.45, 2.75) is 19.4 Å². The lowest BCUT2D eigenvalue weighted by molar-refractivity contribution is -0.137. The summed E-state index contributed by atoms with van der Waals surface area (Å²) in [6.45, 7) is 5.96. The number of anilines is 1. The second kappa shape index (κ2) is 8.74. The molecule has 1 atom stereocenters. The first-order valence-electron chi connectivity index (χ1n) is 10.2. The van der Waals surface area contributed by atoms with Crippen LogP contribution >= 0.6 is 0 Å². The van der Waals surface area contributed by atoms with Crippen LogP contribution < -0.4 is 4.90 Å². The molecule has 4 rings (SSSR count). The Labute approximate surface area is 166 Å². The summed E-state index contributed by atoms with van der Waals surface area (Å²) in [5, 5.41) is 0. The third-order valence-electron chi connectivity index (χ3n) is 5.89. The predicted octanol–water partition coefficient (Wildman–Crippen LogP) is 3.39. The van der Waals surface area contributed by atoms with Crippen LogP contribution in [0.1, 0.15) is 18.4 Å². The molecule has 2 aliphatic heterocycles. The number of para-hydroxylation sites is 1. The number of piperidine rings is 1. The summed E-state index contributed by atoms with van der Waals surface area (Å²) in [4.78, 5) is 19.8. The van der Waals surface area contributed by atoms with Gasteiger partial charge in [0.1, 0.15) is 5.82 Å². The van der Waals surface area contributed by atoms with Crippen molar-refractivity contribution in [3.8, 4) is 0 Å². The van der Waals surface area contributed by atoms with Crippen LogP contribution in [0.5, 0.6) is 0 Å². The van der Waals surface area contributed by atoms with Crippen LogP contribution in [0.25, 0.3) is 0 Å². The topological polar surface area (TPSA) is 26.8 Å². The van der Waals surface area contributed by atoms with Crippen LogP contribution in [0, 0.1) is 11.7 Å². The van der Waals surface area contributed by atoms with Crippen molar-refractivity contribution < 1.29 is 9.18 Å². The molecule has 0 saturated carbocycles. The van der Waals surface area contributed by atoms with Gasteiger partial charge in [0.25, 0.3) is 0 Å². The first-order chi connectivity index (χ1) is 13.7. The largest absolute Gasteiger partial charge is 0.368 e. The Morgan fingerprint density at radius 2 is 1.64 bits per heavy atom. The highest BCUT2D eigenvalue weighted by Crippen LogP contribution is 2.22. The molecule has 0 unspecified atom stereocenters. The molecule has 0 radical (unpaired) electrons. The summed E-state index contributed by atoms with van der Waals surface area (Å²) in [5.41, 5.74) is 2.34. The molecule has 1 amide bonds. The SMILES string of the molecule is O=C([C@H]1CCCN(Cc2ccc(F)cc2)C1)N1CCN(c2ccccc2)CC1. The zero-order chi connectivity index (χ0) is 19.3. The van der Waals surface area contributed by atoms with E-state index in [4.69, 9.17) is 0 Å². The summed E-state index contributed by atoms with van der Waals surface area (Å²) < 4.78 is 13.1. The lowest BCUT2D eigenvalue weighted by Crippen LogP contribution is -2.52. The second-order valence-corrected chi connectivity index (χ2v) is 7.85. The highest BCUT2D eigenvalue weighted by molar-refractivity contribution is 5.79. The van der Waals surface area contributed by atoms with Gasteiger partial charge in [-0.05, 0) is 49.2 Å². The summed E-state index contributed by atoms with van der Waals surface area (Å²) >= 11 is 0. The molecule has 28 heavy (non-hydrogen) atoms. The van der Waals surface area contributed by atoms with Crippen LogP contribution in [-0.4, -0.2) is 55.0 Å². The smallest absolute Gasteiger partial charge is 0.227 e. The molecule has 0 aliphatic carbocycles. The molecular formula is C23H28FN3O. The summed E-state index contributed by atoms with van der Waals surface area (Å²) in [6.07, 6.45) is 2.01. The highest BCUT2D eigenvalue weighted by atomic mass is 19.1. The number of amides is 1. The highest BCUT2D eigenvalue weighted by Gasteiger charge is 2.31. The Bertz CT molecular complexity index is 772. The number of nitrogens with zero attached hydrogens (tertiary/aromatic N) is 3. The van der Waals surface area contributed by atoms with E-state index in [0.717, 1.165) is 64.2 Å². The van der Waals surface area contributed by atoms with Crippen LogP contribution in [0.3, 0.4) is 0 Å². The van der Waals surface area contributed by atoms with Crippen LogP contribution in [-0.2, 0) is 11.3 Å². The third-order valence-corrected chi connectivity index (χ3v) is 5.89. The van der Waals surface area contributed by atoms with E-state index < -0.39 is 0 Å². The maximum atomic E-state index is 13.1. The summed E-state index contributed by atoms with van der Waals surface area (Å²) in [5.74, 6) is 0.180. The maximum Gasteiger partial charge on any atom is 0.227 e. The van der Waals surface area contributed by atoms with Gasteiger partial charge < -0.3 is 9.80 Å². The predicted molar refractivity (Wildman–Crippen MR) is 110 cm³/mol. The summed E-state index contributed by atoms with van der Waals surface area (Å²) in [6, 6.07) is 17.1. The number of halogens is 1. The third kappa shape index (κ3) is 4.53. The molecule has 2 aromatic carbocycles. The van der Waals surface area contributed by atoms with Crippen molar-refractivity contribution in [3.05, 3.63) is 66.0 Å². The zero-order valence-electron chi connectivity index (χ0n) is 16.3. The number of hydrogen-bond acceptors (Lipinski definition) is 3. The average Bonchev–Trinajstić information content (AvgIpc) is 2.76. The molecule has 2 fully saturated rings. The molecule has 148 valence electrons. The Hall–Kier alpha value is -2.40. The number of carbonyl (C=O) groups excluding carboxylic acids is 1. The zero-order valence-corrected chi connectivity index (χ0v) is 16.3. The van der Waals surface area contributed by atoms with E-state index in [1.807, 2.05) is 23.1 Å². The van der Waals surface area contributed by atoms with E-state index in [1.165, 1.54) is 17.8 Å². The average molecular weight is 381 g/mol. The molecule has 4 nitrogen and oxygen atoms in total. The molecule has 0 N–H and O–H groups in total. The van der Waals surface area contributed by atoms with Gasteiger partial charge in [0.05, 0.1) is 5.92 Å². The van der Waals surface area contributed by atoms with Crippen LogP contribution in [0.4, 0.5) is 10.1 Å². The fraction of sp³-hybridized carbons (Fsp3) is 0.435. The molecule has 2 aliphatic rings.